The molecule has 0 aromatic heterocycles. The van der Waals surface area contributed by atoms with Crippen LogP contribution in [0, 0.1) is 11.5 Å². The molecule has 18 heavy (non-hydrogen) atoms. The molecule has 0 aliphatic carbocycles. The average molecular weight is 262 g/mol. The lowest BCUT2D eigenvalue weighted by Crippen LogP contribution is -2.17. The summed E-state index contributed by atoms with van der Waals surface area (Å²) in [6, 6.07) is 0. The van der Waals surface area contributed by atoms with E-state index in [4.69, 9.17) is 0 Å². The van der Waals surface area contributed by atoms with E-state index in [0.29, 0.717) is 6.42 Å². The molecule has 0 saturated heterocycles. The molecule has 0 N–H and O–H groups in total. The van der Waals surface area contributed by atoms with Crippen molar-refractivity contribution in [1.29, 1.82) is 0 Å². The van der Waals surface area contributed by atoms with Crippen LogP contribution in [0.1, 0.15) is 39.0 Å². The highest BCUT2D eigenvalue weighted by atomic mass is 28.3. The van der Waals surface area contributed by atoms with Gasteiger partial charge in [-0.05, 0) is 31.6 Å². The zero-order chi connectivity index (χ0) is 13.9. The first kappa shape index (κ1) is 16.9. The molecule has 100 valence electrons. The number of hydrogen-bond acceptors (Lipinski definition) is 1. The molecule has 0 aliphatic heterocycles. The molecule has 0 radical (unpaired) electrons. The second kappa shape index (κ2) is 9.91. The van der Waals surface area contributed by atoms with E-state index >= 15 is 0 Å². The van der Waals surface area contributed by atoms with Crippen molar-refractivity contribution in [3.63, 3.8) is 0 Å². The zero-order valence-electron chi connectivity index (χ0n) is 12.3. The van der Waals surface area contributed by atoms with Gasteiger partial charge in [0.1, 0.15) is 8.07 Å². The Balaban J connectivity index is 3.69. The number of unbranched alkanes of at least 4 members (excludes halogenated alkanes) is 1. The van der Waals surface area contributed by atoms with Gasteiger partial charge in [0, 0.05) is 6.42 Å². The van der Waals surface area contributed by atoms with Gasteiger partial charge in [-0.25, -0.2) is 0 Å². The molecule has 0 aromatic rings. The fourth-order valence-corrected chi connectivity index (χ4v) is 1.77. The molecule has 0 unspecified atom stereocenters. The molecule has 0 bridgehead atoms. The van der Waals surface area contributed by atoms with E-state index < -0.39 is 8.07 Å². The number of hydrogen-bond donors (Lipinski definition) is 0. The van der Waals surface area contributed by atoms with Crippen molar-refractivity contribution in [1.82, 2.24) is 0 Å². The van der Waals surface area contributed by atoms with Crippen LogP contribution >= 0.6 is 0 Å². The van der Waals surface area contributed by atoms with Gasteiger partial charge in [-0.3, -0.25) is 4.79 Å². The van der Waals surface area contributed by atoms with Crippen molar-refractivity contribution in [2.75, 3.05) is 0 Å². The lowest BCUT2D eigenvalue weighted by atomic mass is 10.1. The number of Topliss-reactive ketones (excluding diaryl/α,β-unsaturated/α-hetero) is 1. The molecule has 0 fully saturated rings. The SMILES string of the molecule is CC/C=C\C/C=C\CCCC(=O)C#C[Si](C)(C)C. The number of rotatable bonds is 7. The van der Waals surface area contributed by atoms with Crippen LogP contribution in [-0.4, -0.2) is 13.9 Å². The van der Waals surface area contributed by atoms with E-state index in [-0.39, 0.29) is 5.78 Å². The highest BCUT2D eigenvalue weighted by Gasteiger charge is 2.08. The van der Waals surface area contributed by atoms with Gasteiger partial charge in [-0.2, -0.15) is 0 Å². The number of ketones is 1. The van der Waals surface area contributed by atoms with Crippen molar-refractivity contribution < 1.29 is 4.79 Å². The molecule has 0 atom stereocenters. The van der Waals surface area contributed by atoms with Crippen molar-refractivity contribution in [2.45, 2.75) is 58.7 Å². The van der Waals surface area contributed by atoms with Gasteiger partial charge >= 0.3 is 0 Å². The van der Waals surface area contributed by atoms with E-state index in [1.54, 1.807) is 0 Å². The van der Waals surface area contributed by atoms with Crippen molar-refractivity contribution in [3.05, 3.63) is 24.3 Å². The van der Waals surface area contributed by atoms with Crippen molar-refractivity contribution >= 4 is 13.9 Å². The highest BCUT2D eigenvalue weighted by Crippen LogP contribution is 2.00. The summed E-state index contributed by atoms with van der Waals surface area (Å²) in [6.07, 6.45) is 13.2. The molecule has 0 rings (SSSR count). The summed E-state index contributed by atoms with van der Waals surface area (Å²) in [5, 5.41) is 0. The first-order valence-electron chi connectivity index (χ1n) is 6.81. The van der Waals surface area contributed by atoms with Gasteiger partial charge in [0.05, 0.1) is 0 Å². The minimum Gasteiger partial charge on any atom is -0.285 e. The van der Waals surface area contributed by atoms with Crippen molar-refractivity contribution in [3.8, 4) is 11.5 Å². The second-order valence-corrected chi connectivity index (χ2v) is 10.2. The van der Waals surface area contributed by atoms with E-state index in [2.05, 4.69) is 62.3 Å². The van der Waals surface area contributed by atoms with Crippen LogP contribution < -0.4 is 0 Å². The Bertz CT molecular complexity index is 348. The van der Waals surface area contributed by atoms with E-state index in [1.807, 2.05) is 0 Å². The Morgan fingerprint density at radius 2 is 1.78 bits per heavy atom. The fourth-order valence-electron chi connectivity index (χ4n) is 1.26. The van der Waals surface area contributed by atoms with Gasteiger partial charge in [0.15, 0.2) is 0 Å². The van der Waals surface area contributed by atoms with Gasteiger partial charge in [0.2, 0.25) is 5.78 Å². The normalized spacial score (nSPS) is 11.8. The van der Waals surface area contributed by atoms with Crippen LogP contribution in [0.4, 0.5) is 0 Å². The Hall–Kier alpha value is -1.07. The number of allylic oxidation sites excluding steroid dienone is 4. The Kier molecular flexibility index (Phi) is 9.32. The Morgan fingerprint density at radius 1 is 1.11 bits per heavy atom. The minimum atomic E-state index is -1.40. The largest absolute Gasteiger partial charge is 0.285 e. The smallest absolute Gasteiger partial charge is 0.204 e. The first-order chi connectivity index (χ1) is 8.45. The van der Waals surface area contributed by atoms with Gasteiger partial charge < -0.3 is 0 Å². The molecule has 0 heterocycles. The summed E-state index contributed by atoms with van der Waals surface area (Å²) >= 11 is 0. The molecule has 0 spiro atoms. The molecule has 0 amide bonds. The quantitative estimate of drug-likeness (QED) is 0.285. The predicted octanol–water partition coefficient (Wildman–Crippen LogP) is 4.52. The van der Waals surface area contributed by atoms with Gasteiger partial charge in [-0.15, -0.1) is 5.54 Å². The second-order valence-electron chi connectivity index (χ2n) is 5.40. The summed E-state index contributed by atoms with van der Waals surface area (Å²) < 4.78 is 0. The maximum atomic E-state index is 11.5. The standard InChI is InChI=1S/C16H26OSi/c1-5-6-7-8-9-10-11-12-13-16(17)14-15-18(2,3)4/h6-7,9-10H,5,8,11-13H2,1-4H3/b7-6-,10-9-. The first-order valence-corrected chi connectivity index (χ1v) is 10.3. The topological polar surface area (TPSA) is 17.1 Å². The van der Waals surface area contributed by atoms with Gasteiger partial charge in [-0.1, -0.05) is 50.9 Å². The van der Waals surface area contributed by atoms with E-state index in [9.17, 15) is 4.79 Å². The van der Waals surface area contributed by atoms with E-state index in [0.717, 1.165) is 25.7 Å². The van der Waals surface area contributed by atoms with Crippen LogP contribution in [-0.2, 0) is 4.79 Å². The van der Waals surface area contributed by atoms with E-state index in [1.165, 1.54) is 0 Å². The zero-order valence-corrected chi connectivity index (χ0v) is 13.3. The molecule has 0 aliphatic rings. The molecule has 0 aromatic carbocycles. The maximum Gasteiger partial charge on any atom is 0.204 e. The Morgan fingerprint density at radius 3 is 2.39 bits per heavy atom. The summed E-state index contributed by atoms with van der Waals surface area (Å²) in [5.41, 5.74) is 3.11. The molecule has 2 heteroatoms. The predicted molar refractivity (Wildman–Crippen MR) is 83.2 cm³/mol. The fraction of sp³-hybridized carbons (Fsp3) is 0.562. The summed E-state index contributed by atoms with van der Waals surface area (Å²) in [5.74, 6) is 2.87. The third-order valence-corrected chi connectivity index (χ3v) is 3.07. The number of carbonyl (C=O) groups is 1. The lowest BCUT2D eigenvalue weighted by Gasteiger charge is -2.02. The van der Waals surface area contributed by atoms with Crippen molar-refractivity contribution in [2.24, 2.45) is 0 Å². The van der Waals surface area contributed by atoms with Gasteiger partial charge in [0.25, 0.3) is 0 Å². The molecule has 1 nitrogen and oxygen atoms in total. The highest BCUT2D eigenvalue weighted by molar-refractivity contribution is 6.84. The monoisotopic (exact) mass is 262 g/mol. The van der Waals surface area contributed by atoms with Crippen LogP contribution in [0.15, 0.2) is 24.3 Å². The van der Waals surface area contributed by atoms with Crippen LogP contribution in [0.2, 0.25) is 19.6 Å². The van der Waals surface area contributed by atoms with Crippen LogP contribution in [0.25, 0.3) is 0 Å². The maximum absolute atomic E-state index is 11.5. The molecular weight excluding hydrogens is 236 g/mol. The number of carbonyl (C=O) groups excluding carboxylic acids is 1. The third-order valence-electron chi connectivity index (χ3n) is 2.19. The minimum absolute atomic E-state index is 0.0942. The summed E-state index contributed by atoms with van der Waals surface area (Å²) in [6.45, 7) is 8.59. The Labute approximate surface area is 113 Å². The summed E-state index contributed by atoms with van der Waals surface area (Å²) in [7, 11) is -1.40. The van der Waals surface area contributed by atoms with Crippen LogP contribution in [0.5, 0.6) is 0 Å². The van der Waals surface area contributed by atoms with Crippen LogP contribution in [0.3, 0.4) is 0 Å². The molecular formula is C16H26OSi. The third kappa shape index (κ3) is 13.0. The summed E-state index contributed by atoms with van der Waals surface area (Å²) in [4.78, 5) is 11.5. The molecule has 0 saturated carbocycles. The average Bonchev–Trinajstić information content (AvgIpc) is 2.29. The lowest BCUT2D eigenvalue weighted by molar-refractivity contribution is -0.113.